The molecule has 3 nitrogen and oxygen atoms in total. The standard InChI is InChI=1S/C17H22O3S/c1-2-19-15-6-4-3-5-14(15)16(18)13-7-9-20-17(11-13)8-10-21-12-17/h3-6,13H,2,7-12H2,1H3. The van der Waals surface area contributed by atoms with E-state index in [1.807, 2.05) is 43.0 Å². The number of ether oxygens (including phenoxy) is 2. The Bertz CT molecular complexity index is 509. The normalized spacial score (nSPS) is 28.7. The molecule has 2 saturated heterocycles. The van der Waals surface area contributed by atoms with Crippen LogP contribution in [0.4, 0.5) is 0 Å². The van der Waals surface area contributed by atoms with Crippen LogP contribution >= 0.6 is 11.8 Å². The molecule has 2 unspecified atom stereocenters. The predicted octanol–water partition coefficient (Wildman–Crippen LogP) is 3.57. The number of carbonyl (C=O) groups is 1. The molecule has 2 aliphatic heterocycles. The molecule has 2 atom stereocenters. The van der Waals surface area contributed by atoms with Gasteiger partial charge in [0.25, 0.3) is 0 Å². The number of ketones is 1. The SMILES string of the molecule is CCOc1ccccc1C(=O)C1CCOC2(CCSC2)C1. The molecule has 21 heavy (non-hydrogen) atoms. The molecule has 114 valence electrons. The van der Waals surface area contributed by atoms with Gasteiger partial charge in [-0.2, -0.15) is 11.8 Å². The summed E-state index contributed by atoms with van der Waals surface area (Å²) < 4.78 is 11.6. The number of para-hydroxylation sites is 1. The van der Waals surface area contributed by atoms with Crippen molar-refractivity contribution in [1.82, 2.24) is 0 Å². The summed E-state index contributed by atoms with van der Waals surface area (Å²) >= 11 is 1.94. The summed E-state index contributed by atoms with van der Waals surface area (Å²) in [5, 5.41) is 0. The van der Waals surface area contributed by atoms with Crippen LogP contribution in [0.3, 0.4) is 0 Å². The number of thioether (sulfide) groups is 1. The minimum atomic E-state index is -0.0518. The molecule has 0 amide bonds. The largest absolute Gasteiger partial charge is 0.493 e. The highest BCUT2D eigenvalue weighted by Crippen LogP contribution is 2.41. The Balaban J connectivity index is 1.78. The molecule has 0 aliphatic carbocycles. The molecule has 0 bridgehead atoms. The summed E-state index contributed by atoms with van der Waals surface area (Å²) in [5.74, 6) is 3.18. The van der Waals surface area contributed by atoms with Crippen molar-refractivity contribution in [2.75, 3.05) is 24.7 Å². The first-order chi connectivity index (χ1) is 10.2. The zero-order chi connectivity index (χ0) is 14.7. The van der Waals surface area contributed by atoms with Gasteiger partial charge in [0.1, 0.15) is 5.75 Å². The summed E-state index contributed by atoms with van der Waals surface area (Å²) in [7, 11) is 0. The van der Waals surface area contributed by atoms with E-state index in [9.17, 15) is 4.79 Å². The molecule has 0 aromatic heterocycles. The van der Waals surface area contributed by atoms with Gasteiger partial charge in [-0.05, 0) is 44.1 Å². The molecule has 4 heteroatoms. The second kappa shape index (κ2) is 6.41. The maximum absolute atomic E-state index is 12.9. The van der Waals surface area contributed by atoms with Gasteiger partial charge < -0.3 is 9.47 Å². The van der Waals surface area contributed by atoms with Gasteiger partial charge in [0, 0.05) is 18.3 Å². The number of carbonyl (C=O) groups excluding carboxylic acids is 1. The minimum absolute atomic E-state index is 0.0518. The highest BCUT2D eigenvalue weighted by molar-refractivity contribution is 7.99. The molecule has 1 aromatic carbocycles. The fourth-order valence-electron chi connectivity index (χ4n) is 3.29. The maximum atomic E-state index is 12.9. The van der Waals surface area contributed by atoms with Crippen LogP contribution in [-0.2, 0) is 4.74 Å². The van der Waals surface area contributed by atoms with E-state index in [2.05, 4.69) is 0 Å². The lowest BCUT2D eigenvalue weighted by Gasteiger charge is -2.37. The van der Waals surface area contributed by atoms with Crippen LogP contribution in [0.25, 0.3) is 0 Å². The molecule has 0 radical (unpaired) electrons. The fourth-order valence-corrected chi connectivity index (χ4v) is 4.66. The lowest BCUT2D eigenvalue weighted by Crippen LogP contribution is -2.42. The fraction of sp³-hybridized carbons (Fsp3) is 0.588. The van der Waals surface area contributed by atoms with E-state index in [1.54, 1.807) is 0 Å². The van der Waals surface area contributed by atoms with E-state index in [0.717, 1.165) is 36.3 Å². The molecule has 2 heterocycles. The lowest BCUT2D eigenvalue weighted by molar-refractivity contribution is -0.0734. The topological polar surface area (TPSA) is 35.5 Å². The molecule has 1 aromatic rings. The zero-order valence-corrected chi connectivity index (χ0v) is 13.3. The number of rotatable bonds is 4. The van der Waals surface area contributed by atoms with E-state index >= 15 is 0 Å². The Labute approximate surface area is 130 Å². The number of hydrogen-bond donors (Lipinski definition) is 0. The molecule has 0 N–H and O–H groups in total. The van der Waals surface area contributed by atoms with Crippen LogP contribution in [0.2, 0.25) is 0 Å². The van der Waals surface area contributed by atoms with E-state index < -0.39 is 0 Å². The number of Topliss-reactive ketones (excluding diaryl/α,β-unsaturated/α-hetero) is 1. The average molecular weight is 306 g/mol. The third kappa shape index (κ3) is 3.11. The van der Waals surface area contributed by atoms with Crippen LogP contribution < -0.4 is 4.74 Å². The number of benzene rings is 1. The van der Waals surface area contributed by atoms with Gasteiger partial charge in [0.05, 0.1) is 17.8 Å². The molecule has 0 saturated carbocycles. The summed E-state index contributed by atoms with van der Waals surface area (Å²) in [6.07, 6.45) is 2.76. The quantitative estimate of drug-likeness (QED) is 0.797. The Morgan fingerprint density at radius 3 is 3.10 bits per heavy atom. The first-order valence-electron chi connectivity index (χ1n) is 7.72. The van der Waals surface area contributed by atoms with Gasteiger partial charge in [0.2, 0.25) is 0 Å². The monoisotopic (exact) mass is 306 g/mol. The van der Waals surface area contributed by atoms with E-state index in [4.69, 9.17) is 9.47 Å². The highest BCUT2D eigenvalue weighted by Gasteiger charge is 2.42. The molecule has 2 fully saturated rings. The summed E-state index contributed by atoms with van der Waals surface area (Å²) in [4.78, 5) is 12.9. The van der Waals surface area contributed by atoms with Crippen LogP contribution in [-0.4, -0.2) is 36.1 Å². The van der Waals surface area contributed by atoms with Gasteiger partial charge in [-0.3, -0.25) is 4.79 Å². The second-order valence-corrected chi connectivity index (χ2v) is 6.92. The Morgan fingerprint density at radius 1 is 1.48 bits per heavy atom. The van der Waals surface area contributed by atoms with Crippen molar-refractivity contribution in [2.24, 2.45) is 5.92 Å². The van der Waals surface area contributed by atoms with Crippen LogP contribution in [0.5, 0.6) is 5.75 Å². The highest BCUT2D eigenvalue weighted by atomic mass is 32.2. The Morgan fingerprint density at radius 2 is 2.33 bits per heavy atom. The van der Waals surface area contributed by atoms with Crippen molar-refractivity contribution in [3.63, 3.8) is 0 Å². The summed E-state index contributed by atoms with van der Waals surface area (Å²) in [6, 6.07) is 7.60. The zero-order valence-electron chi connectivity index (χ0n) is 12.5. The average Bonchev–Trinajstić information content (AvgIpc) is 2.95. The van der Waals surface area contributed by atoms with Crippen LogP contribution in [0, 0.1) is 5.92 Å². The van der Waals surface area contributed by atoms with Crippen molar-refractivity contribution in [1.29, 1.82) is 0 Å². The minimum Gasteiger partial charge on any atom is -0.493 e. The third-order valence-corrected chi connectivity index (χ3v) is 5.61. The van der Waals surface area contributed by atoms with Gasteiger partial charge in [0.15, 0.2) is 5.78 Å². The van der Waals surface area contributed by atoms with Gasteiger partial charge in [-0.25, -0.2) is 0 Å². The van der Waals surface area contributed by atoms with Gasteiger partial charge >= 0.3 is 0 Å². The van der Waals surface area contributed by atoms with Crippen molar-refractivity contribution in [2.45, 2.75) is 31.8 Å². The number of hydrogen-bond acceptors (Lipinski definition) is 4. The van der Waals surface area contributed by atoms with Crippen molar-refractivity contribution in [3.05, 3.63) is 29.8 Å². The van der Waals surface area contributed by atoms with Crippen LogP contribution in [0.15, 0.2) is 24.3 Å². The summed E-state index contributed by atoms with van der Waals surface area (Å²) in [5.41, 5.74) is 0.677. The smallest absolute Gasteiger partial charge is 0.169 e. The molecule has 1 spiro atoms. The lowest BCUT2D eigenvalue weighted by atomic mass is 9.81. The maximum Gasteiger partial charge on any atom is 0.169 e. The predicted molar refractivity (Wildman–Crippen MR) is 85.3 cm³/mol. The van der Waals surface area contributed by atoms with Gasteiger partial charge in [-0.15, -0.1) is 0 Å². The van der Waals surface area contributed by atoms with E-state index in [-0.39, 0.29) is 17.3 Å². The van der Waals surface area contributed by atoms with E-state index in [0.29, 0.717) is 19.0 Å². The Kier molecular flexibility index (Phi) is 4.55. The van der Waals surface area contributed by atoms with Crippen molar-refractivity contribution >= 4 is 17.5 Å². The van der Waals surface area contributed by atoms with E-state index in [1.165, 1.54) is 0 Å². The molecular weight excluding hydrogens is 284 g/mol. The van der Waals surface area contributed by atoms with Gasteiger partial charge in [-0.1, -0.05) is 12.1 Å². The summed E-state index contributed by atoms with van der Waals surface area (Å²) in [6.45, 7) is 3.23. The first-order valence-corrected chi connectivity index (χ1v) is 8.87. The molecular formula is C17H22O3S. The van der Waals surface area contributed by atoms with Crippen molar-refractivity contribution in [3.8, 4) is 5.75 Å². The molecule has 3 rings (SSSR count). The Hall–Kier alpha value is -1.00. The second-order valence-electron chi connectivity index (χ2n) is 5.82. The first kappa shape index (κ1) is 14.9. The van der Waals surface area contributed by atoms with Crippen molar-refractivity contribution < 1.29 is 14.3 Å². The van der Waals surface area contributed by atoms with Crippen LogP contribution in [0.1, 0.15) is 36.5 Å². The molecule has 2 aliphatic rings. The third-order valence-electron chi connectivity index (χ3n) is 4.38.